The van der Waals surface area contributed by atoms with Gasteiger partial charge in [-0.1, -0.05) is 17.7 Å². The molecule has 2 N–H and O–H groups in total. The highest BCUT2D eigenvalue weighted by molar-refractivity contribution is 6.30. The molecule has 3 rings (SSSR count). The van der Waals surface area contributed by atoms with Crippen molar-refractivity contribution in [2.45, 2.75) is 19.9 Å². The number of pyridine rings is 1. The number of aromatic hydroxyl groups is 1. The molecular formula is C21H20ClFN2O2. The molecule has 140 valence electrons. The molecular weight excluding hydrogens is 367 g/mol. The summed E-state index contributed by atoms with van der Waals surface area (Å²) in [6, 6.07) is 13.5. The Morgan fingerprint density at radius 2 is 1.85 bits per heavy atom. The molecule has 0 fully saturated rings. The first-order chi connectivity index (χ1) is 12.9. The fourth-order valence-corrected chi connectivity index (χ4v) is 2.85. The zero-order valence-electron chi connectivity index (χ0n) is 15.3. The summed E-state index contributed by atoms with van der Waals surface area (Å²) in [5.41, 5.74) is 2.54. The topological polar surface area (TPSA) is 54.4 Å². The molecule has 0 atom stereocenters. The van der Waals surface area contributed by atoms with Gasteiger partial charge in [0.1, 0.15) is 23.1 Å². The quantitative estimate of drug-likeness (QED) is 0.586. The Balaban J connectivity index is 2.14. The molecule has 0 radical (unpaired) electrons. The standard InChI is InChI=1S/C21H20ClFN2O2/c1-12(2)24-21-10-14(13-4-7-17(22)18(23)8-13)9-19(25-21)16-6-5-15(27-3)11-20(16)26/h4-12,26H,1-3H3,(H,24,25). The van der Waals surface area contributed by atoms with Crippen molar-refractivity contribution in [3.8, 4) is 33.9 Å². The number of benzene rings is 2. The average molecular weight is 387 g/mol. The monoisotopic (exact) mass is 386 g/mol. The number of aromatic nitrogens is 1. The molecule has 6 heteroatoms. The van der Waals surface area contributed by atoms with E-state index in [1.807, 2.05) is 19.9 Å². The van der Waals surface area contributed by atoms with E-state index in [1.54, 1.807) is 24.3 Å². The first kappa shape index (κ1) is 19.0. The van der Waals surface area contributed by atoms with Gasteiger partial charge in [0.05, 0.1) is 17.8 Å². The molecule has 4 nitrogen and oxygen atoms in total. The van der Waals surface area contributed by atoms with Crippen molar-refractivity contribution in [3.63, 3.8) is 0 Å². The second kappa shape index (κ2) is 7.84. The van der Waals surface area contributed by atoms with Crippen molar-refractivity contribution in [1.82, 2.24) is 4.98 Å². The second-order valence-corrected chi connectivity index (χ2v) is 6.84. The zero-order chi connectivity index (χ0) is 19.6. The minimum Gasteiger partial charge on any atom is -0.507 e. The molecule has 1 heterocycles. The fourth-order valence-electron chi connectivity index (χ4n) is 2.74. The predicted molar refractivity (Wildman–Crippen MR) is 107 cm³/mol. The van der Waals surface area contributed by atoms with Crippen LogP contribution in [-0.4, -0.2) is 23.2 Å². The van der Waals surface area contributed by atoms with Crippen molar-refractivity contribution in [2.75, 3.05) is 12.4 Å². The lowest BCUT2D eigenvalue weighted by Gasteiger charge is -2.14. The SMILES string of the molecule is COc1ccc(-c2cc(-c3ccc(Cl)c(F)c3)cc(NC(C)C)n2)c(O)c1. The third-order valence-electron chi connectivity index (χ3n) is 4.00. The Hall–Kier alpha value is -2.79. The van der Waals surface area contributed by atoms with E-state index in [9.17, 15) is 9.50 Å². The number of hydrogen-bond donors (Lipinski definition) is 2. The van der Waals surface area contributed by atoms with Crippen molar-refractivity contribution < 1.29 is 14.2 Å². The van der Waals surface area contributed by atoms with Crippen LogP contribution in [0.25, 0.3) is 22.4 Å². The summed E-state index contributed by atoms with van der Waals surface area (Å²) in [6.07, 6.45) is 0. The van der Waals surface area contributed by atoms with E-state index in [1.165, 1.54) is 25.3 Å². The maximum atomic E-state index is 13.9. The van der Waals surface area contributed by atoms with E-state index in [0.29, 0.717) is 28.4 Å². The predicted octanol–water partition coefficient (Wildman–Crippen LogP) is 5.74. The number of rotatable bonds is 5. The highest BCUT2D eigenvalue weighted by Gasteiger charge is 2.13. The van der Waals surface area contributed by atoms with E-state index < -0.39 is 5.82 Å². The Bertz CT molecular complexity index is 976. The number of phenolic OH excluding ortho intramolecular Hbond substituents is 1. The summed E-state index contributed by atoms with van der Waals surface area (Å²) in [5.74, 6) is 0.741. The van der Waals surface area contributed by atoms with Gasteiger partial charge in [-0.05, 0) is 61.4 Å². The molecule has 0 bridgehead atoms. The van der Waals surface area contributed by atoms with Crippen molar-refractivity contribution >= 4 is 17.4 Å². The van der Waals surface area contributed by atoms with Gasteiger partial charge in [-0.2, -0.15) is 0 Å². The lowest BCUT2D eigenvalue weighted by atomic mass is 10.0. The van der Waals surface area contributed by atoms with Gasteiger partial charge in [-0.15, -0.1) is 0 Å². The summed E-state index contributed by atoms with van der Waals surface area (Å²) in [4.78, 5) is 4.59. The molecule has 1 aromatic heterocycles. The van der Waals surface area contributed by atoms with Crippen LogP contribution < -0.4 is 10.1 Å². The number of ether oxygens (including phenoxy) is 1. The van der Waals surface area contributed by atoms with E-state index >= 15 is 0 Å². The van der Waals surface area contributed by atoms with Gasteiger partial charge >= 0.3 is 0 Å². The van der Waals surface area contributed by atoms with Crippen LogP contribution in [0.1, 0.15) is 13.8 Å². The van der Waals surface area contributed by atoms with Gasteiger partial charge in [0.15, 0.2) is 0 Å². The number of phenols is 1. The van der Waals surface area contributed by atoms with Crippen molar-refractivity contribution in [3.05, 3.63) is 59.4 Å². The van der Waals surface area contributed by atoms with Gasteiger partial charge in [-0.3, -0.25) is 0 Å². The van der Waals surface area contributed by atoms with Crippen LogP contribution in [-0.2, 0) is 0 Å². The molecule has 0 spiro atoms. The Morgan fingerprint density at radius 3 is 2.48 bits per heavy atom. The molecule has 0 saturated heterocycles. The molecule has 27 heavy (non-hydrogen) atoms. The van der Waals surface area contributed by atoms with Gasteiger partial charge in [0.25, 0.3) is 0 Å². The highest BCUT2D eigenvalue weighted by Crippen LogP contribution is 2.35. The lowest BCUT2D eigenvalue weighted by molar-refractivity contribution is 0.408. The van der Waals surface area contributed by atoms with Crippen LogP contribution >= 0.6 is 11.6 Å². The Kier molecular flexibility index (Phi) is 5.51. The van der Waals surface area contributed by atoms with E-state index in [-0.39, 0.29) is 16.8 Å². The molecule has 0 amide bonds. The van der Waals surface area contributed by atoms with E-state index in [4.69, 9.17) is 16.3 Å². The number of nitrogens with zero attached hydrogens (tertiary/aromatic N) is 1. The molecule has 0 aliphatic heterocycles. The summed E-state index contributed by atoms with van der Waals surface area (Å²) >= 11 is 5.80. The molecule has 0 saturated carbocycles. The normalized spacial score (nSPS) is 10.9. The largest absolute Gasteiger partial charge is 0.507 e. The highest BCUT2D eigenvalue weighted by atomic mass is 35.5. The first-order valence-electron chi connectivity index (χ1n) is 8.49. The number of methoxy groups -OCH3 is 1. The summed E-state index contributed by atoms with van der Waals surface area (Å²) < 4.78 is 19.1. The number of hydrogen-bond acceptors (Lipinski definition) is 4. The van der Waals surface area contributed by atoms with Gasteiger partial charge < -0.3 is 15.2 Å². The Morgan fingerprint density at radius 1 is 1.07 bits per heavy atom. The van der Waals surface area contributed by atoms with Crippen LogP contribution in [0.15, 0.2) is 48.5 Å². The first-order valence-corrected chi connectivity index (χ1v) is 8.86. The van der Waals surface area contributed by atoms with Crippen LogP contribution in [0.5, 0.6) is 11.5 Å². The second-order valence-electron chi connectivity index (χ2n) is 6.44. The third-order valence-corrected chi connectivity index (χ3v) is 4.30. The fraction of sp³-hybridized carbons (Fsp3) is 0.190. The maximum absolute atomic E-state index is 13.9. The molecule has 0 aliphatic carbocycles. The van der Waals surface area contributed by atoms with Crippen LogP contribution in [0.2, 0.25) is 5.02 Å². The molecule has 3 aromatic rings. The smallest absolute Gasteiger partial charge is 0.142 e. The Labute approximate surface area is 162 Å². The summed E-state index contributed by atoms with van der Waals surface area (Å²) in [6.45, 7) is 4.00. The molecule has 0 aliphatic rings. The third kappa shape index (κ3) is 4.31. The van der Waals surface area contributed by atoms with Crippen molar-refractivity contribution in [2.24, 2.45) is 0 Å². The average Bonchev–Trinajstić information content (AvgIpc) is 2.63. The number of nitrogens with one attached hydrogen (secondary N) is 1. The van der Waals surface area contributed by atoms with Gasteiger partial charge in [-0.25, -0.2) is 9.37 Å². The van der Waals surface area contributed by atoms with Crippen LogP contribution in [0.3, 0.4) is 0 Å². The molecule has 2 aromatic carbocycles. The zero-order valence-corrected chi connectivity index (χ0v) is 16.0. The number of halogens is 2. The minimum atomic E-state index is -0.488. The van der Waals surface area contributed by atoms with Crippen molar-refractivity contribution in [1.29, 1.82) is 0 Å². The van der Waals surface area contributed by atoms with Gasteiger partial charge in [0, 0.05) is 17.7 Å². The van der Waals surface area contributed by atoms with Gasteiger partial charge in [0.2, 0.25) is 0 Å². The van der Waals surface area contributed by atoms with E-state index in [2.05, 4.69) is 10.3 Å². The van der Waals surface area contributed by atoms with Crippen LogP contribution in [0, 0.1) is 5.82 Å². The maximum Gasteiger partial charge on any atom is 0.142 e. The lowest BCUT2D eigenvalue weighted by Crippen LogP contribution is -2.11. The number of anilines is 1. The van der Waals surface area contributed by atoms with Crippen LogP contribution in [0.4, 0.5) is 10.2 Å². The molecule has 0 unspecified atom stereocenters. The van der Waals surface area contributed by atoms with E-state index in [0.717, 1.165) is 5.56 Å². The minimum absolute atomic E-state index is 0.0526. The summed E-state index contributed by atoms with van der Waals surface area (Å²) in [7, 11) is 1.53. The summed E-state index contributed by atoms with van der Waals surface area (Å²) in [5, 5.41) is 13.7.